The Bertz CT molecular complexity index is 1320. The third-order valence-electron chi connectivity index (χ3n) is 6.78. The van der Waals surface area contributed by atoms with Crippen molar-refractivity contribution in [3.05, 3.63) is 22.7 Å². The predicted octanol–water partition coefficient (Wildman–Crippen LogP) is 6.21. The van der Waals surface area contributed by atoms with Gasteiger partial charge < -0.3 is 9.64 Å². The Morgan fingerprint density at radius 2 is 1.92 bits per heavy atom. The molecule has 208 valence electrons. The van der Waals surface area contributed by atoms with Crippen LogP contribution in [0.15, 0.2) is 22.4 Å². The van der Waals surface area contributed by atoms with Gasteiger partial charge in [0.25, 0.3) is 5.13 Å². The molecular weight excluding hydrogens is 545 g/mol. The summed E-state index contributed by atoms with van der Waals surface area (Å²) in [5.41, 5.74) is -4.94. The van der Waals surface area contributed by atoms with Crippen LogP contribution < -0.4 is 9.62 Å². The minimum absolute atomic E-state index is 0.0207. The van der Waals surface area contributed by atoms with Gasteiger partial charge in [-0.3, -0.25) is 4.72 Å². The van der Waals surface area contributed by atoms with E-state index in [0.29, 0.717) is 18.8 Å². The van der Waals surface area contributed by atoms with Gasteiger partial charge in [-0.25, -0.2) is 4.79 Å². The number of halogens is 3. The molecular formula is C23H29F3N6O4S2. The topological polar surface area (TPSA) is 126 Å². The van der Waals surface area contributed by atoms with E-state index < -0.39 is 21.5 Å². The number of hydrogen-bond acceptors (Lipinski definition) is 10. The maximum absolute atomic E-state index is 13.2. The number of ether oxygens (including phenoxy) is 1. The molecule has 38 heavy (non-hydrogen) atoms. The number of nitrogens with one attached hydrogen (secondary N) is 1. The highest BCUT2D eigenvalue weighted by Crippen LogP contribution is 2.45. The molecule has 2 aromatic rings. The number of azo groups is 1. The van der Waals surface area contributed by atoms with Crippen LogP contribution in [0.4, 0.5) is 35.4 Å². The first-order valence-corrected chi connectivity index (χ1v) is 14.6. The molecule has 0 amide bonds. The van der Waals surface area contributed by atoms with E-state index in [-0.39, 0.29) is 33.0 Å². The van der Waals surface area contributed by atoms with Crippen LogP contribution in [-0.4, -0.2) is 49.3 Å². The molecule has 1 aromatic heterocycles. The molecule has 0 spiro atoms. The number of carbonyl (C=O) groups is 1. The van der Waals surface area contributed by atoms with Gasteiger partial charge in [0.2, 0.25) is 5.01 Å². The van der Waals surface area contributed by atoms with E-state index >= 15 is 0 Å². The lowest BCUT2D eigenvalue weighted by Gasteiger charge is -2.40. The van der Waals surface area contributed by atoms with Crippen LogP contribution in [0.3, 0.4) is 0 Å². The second kappa shape index (κ2) is 10.8. The molecule has 1 aliphatic heterocycles. The van der Waals surface area contributed by atoms with E-state index in [9.17, 15) is 26.4 Å². The van der Waals surface area contributed by atoms with Crippen molar-refractivity contribution in [1.82, 2.24) is 10.2 Å². The lowest BCUT2D eigenvalue weighted by molar-refractivity contribution is -0.0429. The number of rotatable bonds is 7. The van der Waals surface area contributed by atoms with Gasteiger partial charge in [-0.1, -0.05) is 31.6 Å². The molecule has 0 saturated heterocycles. The molecule has 2 aliphatic rings. The van der Waals surface area contributed by atoms with Crippen LogP contribution in [0.5, 0.6) is 0 Å². The van der Waals surface area contributed by atoms with Crippen molar-refractivity contribution in [3.63, 3.8) is 0 Å². The summed E-state index contributed by atoms with van der Waals surface area (Å²) < 4.78 is 70.5. The van der Waals surface area contributed by atoms with Crippen molar-refractivity contribution in [2.75, 3.05) is 22.7 Å². The molecule has 1 fully saturated rings. The molecule has 4 rings (SSSR count). The quantitative estimate of drug-likeness (QED) is 0.308. The van der Waals surface area contributed by atoms with Crippen LogP contribution in [-0.2, 0) is 20.2 Å². The molecule has 10 nitrogen and oxygen atoms in total. The summed E-state index contributed by atoms with van der Waals surface area (Å²) in [6.45, 7) is 7.14. The summed E-state index contributed by atoms with van der Waals surface area (Å²) in [5, 5.41) is 15.5. The number of carbonyl (C=O) groups excluding carboxylic acids is 1. The van der Waals surface area contributed by atoms with Gasteiger partial charge in [-0.05, 0) is 62.1 Å². The van der Waals surface area contributed by atoms with Gasteiger partial charge in [0.05, 0.1) is 5.69 Å². The van der Waals surface area contributed by atoms with E-state index in [1.807, 2.05) is 25.7 Å². The summed E-state index contributed by atoms with van der Waals surface area (Å²) >= 11 is 0.821. The number of benzene rings is 1. The summed E-state index contributed by atoms with van der Waals surface area (Å²) in [6.07, 6.45) is 5.27. The lowest BCUT2D eigenvalue weighted by Crippen LogP contribution is -2.37. The molecule has 0 bridgehead atoms. The van der Waals surface area contributed by atoms with Gasteiger partial charge >= 0.3 is 21.5 Å². The van der Waals surface area contributed by atoms with Crippen LogP contribution in [0, 0.1) is 0 Å². The van der Waals surface area contributed by atoms with Crippen LogP contribution in [0.25, 0.3) is 0 Å². The highest BCUT2D eigenvalue weighted by Gasteiger charge is 2.46. The number of anilines is 2. The second-order valence-corrected chi connectivity index (χ2v) is 12.5. The Labute approximate surface area is 222 Å². The minimum Gasteiger partial charge on any atom is -0.457 e. The summed E-state index contributed by atoms with van der Waals surface area (Å²) in [4.78, 5) is 14.4. The first-order chi connectivity index (χ1) is 17.8. The van der Waals surface area contributed by atoms with E-state index in [0.717, 1.165) is 55.4 Å². The Balaban J connectivity index is 1.66. The number of nitrogens with zero attached hydrogens (tertiary/aromatic N) is 5. The summed E-state index contributed by atoms with van der Waals surface area (Å²) in [7, 11) is -5.71. The number of fused-ring (bicyclic) bond motifs is 1. The van der Waals surface area contributed by atoms with E-state index in [4.69, 9.17) is 4.74 Å². The summed E-state index contributed by atoms with van der Waals surface area (Å²) in [6, 6.07) is 2.89. The van der Waals surface area contributed by atoms with E-state index in [1.165, 1.54) is 12.1 Å². The fourth-order valence-electron chi connectivity index (χ4n) is 4.57. The molecule has 0 unspecified atom stereocenters. The highest BCUT2D eigenvalue weighted by molar-refractivity contribution is 7.93. The zero-order chi connectivity index (χ0) is 27.7. The Kier molecular flexibility index (Phi) is 7.98. The van der Waals surface area contributed by atoms with Gasteiger partial charge in [-0.15, -0.1) is 20.4 Å². The first-order valence-electron chi connectivity index (χ1n) is 12.3. The number of hydrogen-bond donors (Lipinski definition) is 1. The average molecular weight is 575 g/mol. The minimum atomic E-state index is -5.71. The third kappa shape index (κ3) is 6.08. The van der Waals surface area contributed by atoms with Crippen molar-refractivity contribution < 1.29 is 31.1 Å². The molecule has 1 aliphatic carbocycles. The zero-order valence-corrected chi connectivity index (χ0v) is 22.8. The molecule has 0 atom stereocenters. The van der Waals surface area contributed by atoms with Crippen molar-refractivity contribution in [3.8, 4) is 0 Å². The normalized spacial score (nSPS) is 18.4. The Morgan fingerprint density at radius 1 is 1.21 bits per heavy atom. The van der Waals surface area contributed by atoms with Crippen LogP contribution >= 0.6 is 11.3 Å². The van der Waals surface area contributed by atoms with E-state index in [2.05, 4.69) is 20.4 Å². The van der Waals surface area contributed by atoms with Gasteiger partial charge in [0, 0.05) is 18.8 Å². The predicted molar refractivity (Wildman–Crippen MR) is 137 cm³/mol. The SMILES string of the molecule is CCN1CCC(C)(C)c2cc(N=Nc3nnc(C(=O)OC4CCCCC4)s3)c(NS(=O)(=O)C(F)(F)F)cc21. The standard InChI is InChI=1S/C23H29F3N6O4S2/c1-4-32-11-10-22(2,3)15-12-16(17(13-18(15)32)31-38(34,35)23(24,25)26)27-29-21-30-28-19(37-21)20(33)36-14-8-6-5-7-9-14/h12-14,31H,4-11H2,1-3H3. The monoisotopic (exact) mass is 574 g/mol. The van der Waals surface area contributed by atoms with Gasteiger partial charge in [-0.2, -0.15) is 21.6 Å². The first kappa shape index (κ1) is 28.2. The molecule has 15 heteroatoms. The maximum atomic E-state index is 13.2. The number of aromatic nitrogens is 2. The Hall–Kier alpha value is -2.81. The number of esters is 1. The smallest absolute Gasteiger partial charge is 0.457 e. The average Bonchev–Trinajstić information content (AvgIpc) is 3.32. The zero-order valence-electron chi connectivity index (χ0n) is 21.2. The fraction of sp³-hybridized carbons (Fsp3) is 0.609. The van der Waals surface area contributed by atoms with Crippen molar-refractivity contribution in [2.45, 2.75) is 76.3 Å². The van der Waals surface area contributed by atoms with Crippen molar-refractivity contribution in [1.29, 1.82) is 0 Å². The highest BCUT2D eigenvalue weighted by atomic mass is 32.2. The third-order valence-corrected chi connectivity index (χ3v) is 8.67. The van der Waals surface area contributed by atoms with Gasteiger partial charge in [0.15, 0.2) is 0 Å². The van der Waals surface area contributed by atoms with Crippen LogP contribution in [0.1, 0.15) is 74.7 Å². The van der Waals surface area contributed by atoms with Gasteiger partial charge in [0.1, 0.15) is 11.8 Å². The Morgan fingerprint density at radius 3 is 2.58 bits per heavy atom. The van der Waals surface area contributed by atoms with Crippen molar-refractivity contribution >= 4 is 49.5 Å². The number of alkyl halides is 3. The van der Waals surface area contributed by atoms with Crippen LogP contribution in [0.2, 0.25) is 0 Å². The molecule has 1 saturated carbocycles. The maximum Gasteiger partial charge on any atom is 0.516 e. The van der Waals surface area contributed by atoms with E-state index in [1.54, 1.807) is 4.72 Å². The summed E-state index contributed by atoms with van der Waals surface area (Å²) in [5.74, 6) is -0.621. The largest absolute Gasteiger partial charge is 0.516 e. The van der Waals surface area contributed by atoms with Crippen molar-refractivity contribution in [2.24, 2.45) is 10.2 Å². The molecule has 0 radical (unpaired) electrons. The second-order valence-electron chi connectivity index (χ2n) is 9.91. The lowest BCUT2D eigenvalue weighted by atomic mass is 9.77. The molecule has 2 heterocycles. The fourth-order valence-corrected chi connectivity index (χ4v) is 5.68. The molecule has 1 N–H and O–H groups in total. The molecule has 1 aromatic carbocycles. The number of sulfonamides is 1.